The summed E-state index contributed by atoms with van der Waals surface area (Å²) in [6, 6.07) is 0. The highest BCUT2D eigenvalue weighted by Crippen LogP contribution is 2.18. The summed E-state index contributed by atoms with van der Waals surface area (Å²) < 4.78 is 33.7. The predicted molar refractivity (Wildman–Crippen MR) is 120 cm³/mol. The number of aromatic nitrogens is 1. The van der Waals surface area contributed by atoms with Gasteiger partial charge >= 0.3 is 12.1 Å². The standard InChI is InChI=1S/C24H40FNO6/c1-4-5-6-7-8-9-10-11-12-13-14-15-20-18-26-22(21(20)25)23(27)31-19(2)32-24(28)30-17-16-29-3/h18-19,26H,4-17H2,1-3H3. The molecule has 0 aliphatic carbocycles. The Bertz CT molecular complexity index is 648. The molecule has 1 unspecified atom stereocenters. The van der Waals surface area contributed by atoms with E-state index < -0.39 is 24.2 Å². The van der Waals surface area contributed by atoms with Gasteiger partial charge in [0.25, 0.3) is 0 Å². The maximum Gasteiger partial charge on any atom is 0.511 e. The minimum Gasteiger partial charge on any atom is -0.432 e. The summed E-state index contributed by atoms with van der Waals surface area (Å²) in [5.41, 5.74) is 0.187. The van der Waals surface area contributed by atoms with Gasteiger partial charge in [0.1, 0.15) is 6.61 Å². The van der Waals surface area contributed by atoms with Crippen molar-refractivity contribution in [3.05, 3.63) is 23.3 Å². The van der Waals surface area contributed by atoms with E-state index in [1.165, 1.54) is 71.6 Å². The first-order valence-electron chi connectivity index (χ1n) is 11.9. The predicted octanol–water partition coefficient (Wildman–Crippen LogP) is 6.31. The summed E-state index contributed by atoms with van der Waals surface area (Å²) in [5.74, 6) is -1.54. The minimum absolute atomic E-state index is 0.0175. The normalized spacial score (nSPS) is 11.9. The second-order valence-corrected chi connectivity index (χ2v) is 7.97. The SMILES string of the molecule is CCCCCCCCCCCCCc1c[nH]c(C(=O)OC(C)OC(=O)OCCOC)c1F. The van der Waals surface area contributed by atoms with Crippen LogP contribution >= 0.6 is 0 Å². The van der Waals surface area contributed by atoms with Crippen molar-refractivity contribution in [1.29, 1.82) is 0 Å². The van der Waals surface area contributed by atoms with E-state index in [4.69, 9.17) is 18.9 Å². The number of methoxy groups -OCH3 is 1. The smallest absolute Gasteiger partial charge is 0.432 e. The van der Waals surface area contributed by atoms with Gasteiger partial charge in [-0.2, -0.15) is 0 Å². The van der Waals surface area contributed by atoms with E-state index in [9.17, 15) is 14.0 Å². The maximum atomic E-state index is 14.5. The fourth-order valence-electron chi connectivity index (χ4n) is 3.37. The van der Waals surface area contributed by atoms with E-state index in [0.717, 1.165) is 19.3 Å². The van der Waals surface area contributed by atoms with Crippen molar-refractivity contribution in [2.24, 2.45) is 0 Å². The first-order chi connectivity index (χ1) is 15.5. The Kier molecular flexibility index (Phi) is 15.2. The number of H-pyrrole nitrogens is 1. The van der Waals surface area contributed by atoms with Crippen molar-refractivity contribution in [2.45, 2.75) is 97.2 Å². The topological polar surface area (TPSA) is 86.9 Å². The van der Waals surface area contributed by atoms with Gasteiger partial charge in [-0.1, -0.05) is 71.1 Å². The van der Waals surface area contributed by atoms with Crippen molar-refractivity contribution in [3.63, 3.8) is 0 Å². The molecule has 1 rings (SSSR count). The number of halogens is 1. The number of hydrogen-bond acceptors (Lipinski definition) is 6. The lowest BCUT2D eigenvalue weighted by Crippen LogP contribution is -2.23. The zero-order valence-corrected chi connectivity index (χ0v) is 19.9. The van der Waals surface area contributed by atoms with Gasteiger partial charge in [0.2, 0.25) is 6.29 Å². The Morgan fingerprint density at radius 2 is 1.53 bits per heavy atom. The van der Waals surface area contributed by atoms with Gasteiger partial charge in [0, 0.05) is 25.8 Å². The summed E-state index contributed by atoms with van der Waals surface area (Å²) in [7, 11) is 1.47. The van der Waals surface area contributed by atoms with Crippen LogP contribution in [0, 0.1) is 5.82 Å². The van der Waals surface area contributed by atoms with Crippen LogP contribution in [-0.4, -0.2) is 43.7 Å². The molecule has 1 N–H and O–H groups in total. The van der Waals surface area contributed by atoms with Crippen molar-refractivity contribution >= 4 is 12.1 Å². The largest absolute Gasteiger partial charge is 0.511 e. The van der Waals surface area contributed by atoms with Crippen LogP contribution in [0.1, 0.15) is 101 Å². The molecule has 7 nitrogen and oxygen atoms in total. The number of esters is 1. The van der Waals surface area contributed by atoms with E-state index in [-0.39, 0.29) is 18.9 Å². The van der Waals surface area contributed by atoms with Gasteiger partial charge in [0.05, 0.1) is 6.61 Å². The molecule has 0 bridgehead atoms. The average molecular weight is 458 g/mol. The zero-order chi connectivity index (χ0) is 23.6. The van der Waals surface area contributed by atoms with Crippen LogP contribution in [0.15, 0.2) is 6.20 Å². The lowest BCUT2D eigenvalue weighted by Gasteiger charge is -2.13. The van der Waals surface area contributed by atoms with E-state index in [1.54, 1.807) is 0 Å². The third kappa shape index (κ3) is 12.1. The molecule has 0 fully saturated rings. The van der Waals surface area contributed by atoms with Crippen molar-refractivity contribution in [1.82, 2.24) is 4.98 Å². The molecule has 0 spiro atoms. The van der Waals surface area contributed by atoms with Gasteiger partial charge < -0.3 is 23.9 Å². The van der Waals surface area contributed by atoms with Gasteiger partial charge in [-0.3, -0.25) is 0 Å². The number of nitrogens with one attached hydrogen (secondary N) is 1. The summed E-state index contributed by atoms with van der Waals surface area (Å²) >= 11 is 0. The molecule has 0 aliphatic rings. The van der Waals surface area contributed by atoms with Crippen LogP contribution in [0.2, 0.25) is 0 Å². The van der Waals surface area contributed by atoms with Crippen molar-refractivity contribution < 1.29 is 32.9 Å². The van der Waals surface area contributed by atoms with E-state index in [1.807, 2.05) is 0 Å². The molecule has 0 radical (unpaired) electrons. The third-order valence-electron chi connectivity index (χ3n) is 5.19. The Labute approximate surface area is 191 Å². The second kappa shape index (κ2) is 17.5. The number of ether oxygens (including phenoxy) is 4. The average Bonchev–Trinajstić information content (AvgIpc) is 3.12. The van der Waals surface area contributed by atoms with Gasteiger partial charge in [-0.15, -0.1) is 0 Å². The summed E-state index contributed by atoms with van der Waals surface area (Å²) in [5, 5.41) is 0. The molecule has 0 aromatic carbocycles. The Morgan fingerprint density at radius 3 is 2.12 bits per heavy atom. The number of aromatic amines is 1. The van der Waals surface area contributed by atoms with E-state index in [0.29, 0.717) is 12.0 Å². The molecule has 1 aromatic rings. The molecule has 0 saturated heterocycles. The zero-order valence-electron chi connectivity index (χ0n) is 19.9. The highest BCUT2D eigenvalue weighted by Gasteiger charge is 2.22. The number of hydrogen-bond donors (Lipinski definition) is 1. The quantitative estimate of drug-likeness (QED) is 0.158. The monoisotopic (exact) mass is 457 g/mol. The number of carbonyl (C=O) groups is 2. The Hall–Kier alpha value is -2.09. The third-order valence-corrected chi connectivity index (χ3v) is 5.19. The molecule has 1 atom stereocenters. The van der Waals surface area contributed by atoms with Crippen LogP contribution in [0.3, 0.4) is 0 Å². The summed E-state index contributed by atoms with van der Waals surface area (Å²) in [6.07, 6.45) is 13.3. The van der Waals surface area contributed by atoms with Crippen molar-refractivity contribution in [3.8, 4) is 0 Å². The molecule has 0 amide bonds. The van der Waals surface area contributed by atoms with Crippen LogP contribution in [-0.2, 0) is 25.4 Å². The fourth-order valence-corrected chi connectivity index (χ4v) is 3.37. The Balaban J connectivity index is 2.22. The second-order valence-electron chi connectivity index (χ2n) is 7.97. The lowest BCUT2D eigenvalue weighted by molar-refractivity contribution is -0.0843. The van der Waals surface area contributed by atoms with Gasteiger partial charge in [-0.25, -0.2) is 14.0 Å². The van der Waals surface area contributed by atoms with Gasteiger partial charge in [-0.05, 0) is 12.8 Å². The van der Waals surface area contributed by atoms with Crippen LogP contribution in [0.25, 0.3) is 0 Å². The highest BCUT2D eigenvalue weighted by atomic mass is 19.1. The first-order valence-corrected chi connectivity index (χ1v) is 11.9. The van der Waals surface area contributed by atoms with Gasteiger partial charge in [0.15, 0.2) is 11.5 Å². The van der Waals surface area contributed by atoms with Crippen LogP contribution in [0.5, 0.6) is 0 Å². The molecule has 1 aromatic heterocycles. The van der Waals surface area contributed by atoms with Crippen LogP contribution in [0.4, 0.5) is 9.18 Å². The van der Waals surface area contributed by atoms with Crippen LogP contribution < -0.4 is 0 Å². The van der Waals surface area contributed by atoms with E-state index in [2.05, 4.69) is 11.9 Å². The highest BCUT2D eigenvalue weighted by molar-refractivity contribution is 5.88. The molecule has 0 saturated carbocycles. The molecule has 8 heteroatoms. The first kappa shape index (κ1) is 27.9. The summed E-state index contributed by atoms with van der Waals surface area (Å²) in [4.78, 5) is 26.2. The molecule has 0 aliphatic heterocycles. The molecular weight excluding hydrogens is 417 g/mol. The minimum atomic E-state index is -1.21. The Morgan fingerprint density at radius 1 is 0.938 bits per heavy atom. The fraction of sp³-hybridized carbons (Fsp3) is 0.750. The number of unbranched alkanes of at least 4 members (excludes halogenated alkanes) is 10. The summed E-state index contributed by atoms with van der Waals surface area (Å²) in [6.45, 7) is 3.82. The molecule has 184 valence electrons. The number of carbonyl (C=O) groups excluding carboxylic acids is 2. The molecule has 1 heterocycles. The lowest BCUT2D eigenvalue weighted by atomic mass is 10.0. The number of aryl methyl sites for hydroxylation is 1. The number of rotatable bonds is 18. The van der Waals surface area contributed by atoms with E-state index >= 15 is 0 Å². The molecule has 32 heavy (non-hydrogen) atoms. The maximum absolute atomic E-state index is 14.5. The van der Waals surface area contributed by atoms with Crippen molar-refractivity contribution in [2.75, 3.05) is 20.3 Å². The molecular formula is C24H40FNO6.